The maximum atomic E-state index is 4.99. The zero-order valence-electron chi connectivity index (χ0n) is 14.1. The largest absolute Gasteiger partial charge is 0.346 e. The normalized spacial score (nSPS) is 18.0. The number of fused-ring (bicyclic) bond motifs is 1. The van der Waals surface area contributed by atoms with E-state index >= 15 is 0 Å². The summed E-state index contributed by atoms with van der Waals surface area (Å²) in [4.78, 5) is 8.99. The number of nitrogens with zero attached hydrogens (tertiary/aromatic N) is 2. The van der Waals surface area contributed by atoms with Gasteiger partial charge >= 0.3 is 0 Å². The van der Waals surface area contributed by atoms with Gasteiger partial charge in [-0.25, -0.2) is 4.98 Å². The molecule has 1 unspecified atom stereocenters. The van der Waals surface area contributed by atoms with Crippen molar-refractivity contribution in [1.82, 2.24) is 10.3 Å². The summed E-state index contributed by atoms with van der Waals surface area (Å²) < 4.78 is 0. The van der Waals surface area contributed by atoms with Gasteiger partial charge in [0.15, 0.2) is 5.13 Å². The third kappa shape index (κ3) is 4.19. The summed E-state index contributed by atoms with van der Waals surface area (Å²) >= 11 is 1.93. The summed E-state index contributed by atoms with van der Waals surface area (Å²) in [7, 11) is 0. The van der Waals surface area contributed by atoms with Gasteiger partial charge in [-0.1, -0.05) is 38.0 Å². The lowest BCUT2D eigenvalue weighted by Gasteiger charge is -2.26. The fraction of sp³-hybridized carbons (Fsp3) is 0.824. The SMILES string of the molecule is CCCCCN(c1nc2c(s1)C(NCC)CCC2)C(C)C. The molecule has 2 rings (SSSR count). The monoisotopic (exact) mass is 309 g/mol. The van der Waals surface area contributed by atoms with Gasteiger partial charge in [0.1, 0.15) is 0 Å². The van der Waals surface area contributed by atoms with Gasteiger partial charge < -0.3 is 10.2 Å². The molecule has 3 nitrogen and oxygen atoms in total. The Kier molecular flexibility index (Phi) is 6.49. The van der Waals surface area contributed by atoms with Crippen LogP contribution in [-0.4, -0.2) is 24.1 Å². The highest BCUT2D eigenvalue weighted by molar-refractivity contribution is 7.15. The van der Waals surface area contributed by atoms with Crippen molar-refractivity contribution in [3.63, 3.8) is 0 Å². The Bertz CT molecular complexity index is 428. The number of aryl methyl sites for hydroxylation is 1. The van der Waals surface area contributed by atoms with E-state index in [2.05, 4.69) is 37.9 Å². The molecule has 0 aliphatic heterocycles. The van der Waals surface area contributed by atoms with Crippen LogP contribution in [0.25, 0.3) is 0 Å². The Morgan fingerprint density at radius 1 is 1.33 bits per heavy atom. The number of hydrogen-bond donors (Lipinski definition) is 1. The molecule has 1 heterocycles. The molecule has 1 aromatic heterocycles. The first-order valence-corrected chi connectivity index (χ1v) is 9.48. The molecule has 0 fully saturated rings. The van der Waals surface area contributed by atoms with E-state index in [1.807, 2.05) is 11.3 Å². The second-order valence-corrected chi connectivity index (χ2v) is 7.31. The third-order valence-electron chi connectivity index (χ3n) is 4.26. The molecule has 120 valence electrons. The van der Waals surface area contributed by atoms with E-state index in [1.54, 1.807) is 0 Å². The molecule has 1 aliphatic rings. The summed E-state index contributed by atoms with van der Waals surface area (Å²) in [5.74, 6) is 0. The predicted octanol–water partition coefficient (Wildman–Crippen LogP) is 4.54. The molecule has 0 saturated carbocycles. The van der Waals surface area contributed by atoms with Crippen LogP contribution in [0.5, 0.6) is 0 Å². The minimum atomic E-state index is 0.534. The fourth-order valence-electron chi connectivity index (χ4n) is 3.08. The lowest BCUT2D eigenvalue weighted by molar-refractivity contribution is 0.476. The van der Waals surface area contributed by atoms with Crippen LogP contribution in [-0.2, 0) is 6.42 Å². The van der Waals surface area contributed by atoms with Crippen molar-refractivity contribution in [3.8, 4) is 0 Å². The van der Waals surface area contributed by atoms with Crippen LogP contribution in [0.3, 0.4) is 0 Å². The Morgan fingerprint density at radius 2 is 2.14 bits per heavy atom. The van der Waals surface area contributed by atoms with Crippen molar-refractivity contribution in [2.24, 2.45) is 0 Å². The van der Waals surface area contributed by atoms with Gasteiger partial charge in [0, 0.05) is 23.5 Å². The van der Waals surface area contributed by atoms with E-state index in [1.165, 1.54) is 47.8 Å². The van der Waals surface area contributed by atoms with E-state index in [0.29, 0.717) is 12.1 Å². The minimum absolute atomic E-state index is 0.534. The average Bonchev–Trinajstić information content (AvgIpc) is 2.88. The van der Waals surface area contributed by atoms with E-state index in [-0.39, 0.29) is 0 Å². The molecule has 1 atom stereocenters. The highest BCUT2D eigenvalue weighted by Gasteiger charge is 2.26. The predicted molar refractivity (Wildman–Crippen MR) is 93.5 cm³/mol. The highest BCUT2D eigenvalue weighted by Crippen LogP contribution is 2.38. The smallest absolute Gasteiger partial charge is 0.186 e. The zero-order chi connectivity index (χ0) is 15.2. The van der Waals surface area contributed by atoms with E-state index < -0.39 is 0 Å². The first-order valence-electron chi connectivity index (χ1n) is 8.67. The van der Waals surface area contributed by atoms with Crippen LogP contribution >= 0.6 is 11.3 Å². The summed E-state index contributed by atoms with van der Waals surface area (Å²) in [5.41, 5.74) is 1.35. The number of rotatable bonds is 8. The van der Waals surface area contributed by atoms with Crippen molar-refractivity contribution in [3.05, 3.63) is 10.6 Å². The zero-order valence-corrected chi connectivity index (χ0v) is 14.9. The van der Waals surface area contributed by atoms with E-state index in [0.717, 1.165) is 19.5 Å². The van der Waals surface area contributed by atoms with Crippen molar-refractivity contribution < 1.29 is 0 Å². The van der Waals surface area contributed by atoms with Crippen molar-refractivity contribution in [2.45, 2.75) is 78.3 Å². The molecule has 1 N–H and O–H groups in total. The molecule has 0 aromatic carbocycles. The molecule has 0 spiro atoms. The Balaban J connectivity index is 2.14. The van der Waals surface area contributed by atoms with E-state index in [4.69, 9.17) is 4.98 Å². The van der Waals surface area contributed by atoms with Crippen LogP contribution in [0.4, 0.5) is 5.13 Å². The quantitative estimate of drug-likeness (QED) is 0.715. The van der Waals surface area contributed by atoms with Crippen molar-refractivity contribution in [2.75, 3.05) is 18.0 Å². The summed E-state index contributed by atoms with van der Waals surface area (Å²) in [6.45, 7) is 11.2. The van der Waals surface area contributed by atoms with Crippen LogP contribution in [0, 0.1) is 0 Å². The van der Waals surface area contributed by atoms with Crippen LogP contribution in [0.1, 0.15) is 76.4 Å². The lowest BCUT2D eigenvalue weighted by Crippen LogP contribution is -2.31. The van der Waals surface area contributed by atoms with Crippen molar-refractivity contribution in [1.29, 1.82) is 0 Å². The lowest BCUT2D eigenvalue weighted by atomic mass is 9.98. The maximum Gasteiger partial charge on any atom is 0.186 e. The van der Waals surface area contributed by atoms with Gasteiger partial charge in [-0.05, 0) is 46.1 Å². The molecule has 1 aromatic rings. The van der Waals surface area contributed by atoms with Gasteiger partial charge in [-0.3, -0.25) is 0 Å². The second kappa shape index (κ2) is 8.14. The van der Waals surface area contributed by atoms with Gasteiger partial charge in [0.05, 0.1) is 5.69 Å². The summed E-state index contributed by atoms with van der Waals surface area (Å²) in [6, 6.07) is 1.07. The number of unbranched alkanes of at least 4 members (excludes halogenated alkanes) is 2. The third-order valence-corrected chi connectivity index (χ3v) is 5.51. The standard InChI is InChI=1S/C17H31N3S/c1-5-7-8-12-20(13(3)4)17-19-15-11-9-10-14(18-6-2)16(15)21-17/h13-14,18H,5-12H2,1-4H3. The number of anilines is 1. The fourth-order valence-corrected chi connectivity index (χ4v) is 4.46. The molecule has 1 aliphatic carbocycles. The average molecular weight is 310 g/mol. The Morgan fingerprint density at radius 3 is 2.81 bits per heavy atom. The maximum absolute atomic E-state index is 4.99. The van der Waals surface area contributed by atoms with Gasteiger partial charge in [-0.15, -0.1) is 0 Å². The minimum Gasteiger partial charge on any atom is -0.346 e. The molecule has 0 saturated heterocycles. The van der Waals surface area contributed by atoms with Gasteiger partial charge in [0.25, 0.3) is 0 Å². The van der Waals surface area contributed by atoms with Gasteiger partial charge in [-0.2, -0.15) is 0 Å². The number of hydrogen-bond acceptors (Lipinski definition) is 4. The molecule has 21 heavy (non-hydrogen) atoms. The van der Waals surface area contributed by atoms with E-state index in [9.17, 15) is 0 Å². The van der Waals surface area contributed by atoms with Crippen molar-refractivity contribution >= 4 is 16.5 Å². The Hall–Kier alpha value is -0.610. The Labute approximate surface area is 134 Å². The molecular formula is C17H31N3S. The van der Waals surface area contributed by atoms with Crippen LogP contribution in [0.15, 0.2) is 0 Å². The van der Waals surface area contributed by atoms with Crippen LogP contribution < -0.4 is 10.2 Å². The summed E-state index contributed by atoms with van der Waals surface area (Å²) in [6.07, 6.45) is 7.56. The van der Waals surface area contributed by atoms with Gasteiger partial charge in [0.2, 0.25) is 0 Å². The molecular weight excluding hydrogens is 278 g/mol. The molecule has 4 heteroatoms. The molecule has 0 amide bonds. The second-order valence-electron chi connectivity index (χ2n) is 6.30. The number of aromatic nitrogens is 1. The molecule has 0 bridgehead atoms. The topological polar surface area (TPSA) is 28.2 Å². The molecule has 0 radical (unpaired) electrons. The first kappa shape index (κ1) is 16.8. The number of thiazole rings is 1. The highest BCUT2D eigenvalue weighted by atomic mass is 32.1. The first-order chi connectivity index (χ1) is 10.2. The van der Waals surface area contributed by atoms with Crippen LogP contribution in [0.2, 0.25) is 0 Å². The number of nitrogens with one attached hydrogen (secondary N) is 1. The summed E-state index contributed by atoms with van der Waals surface area (Å²) in [5, 5.41) is 4.87.